The first-order chi connectivity index (χ1) is 8.09. The van der Waals surface area contributed by atoms with E-state index < -0.39 is 12.0 Å². The van der Waals surface area contributed by atoms with Gasteiger partial charge in [0.1, 0.15) is 6.04 Å². The van der Waals surface area contributed by atoms with Crippen molar-refractivity contribution in [2.24, 2.45) is 0 Å². The molecular weight excluding hydrogens is 284 g/mol. The van der Waals surface area contributed by atoms with E-state index in [0.717, 1.165) is 23.2 Å². The Morgan fingerprint density at radius 3 is 2.76 bits per heavy atom. The number of para-hydroxylation sites is 1. The summed E-state index contributed by atoms with van der Waals surface area (Å²) in [6.45, 7) is 2.16. The van der Waals surface area contributed by atoms with E-state index in [1.165, 1.54) is 0 Å². The predicted octanol–water partition coefficient (Wildman–Crippen LogP) is 1.65. The first-order valence-corrected chi connectivity index (χ1v) is 6.31. The van der Waals surface area contributed by atoms with Crippen molar-refractivity contribution < 1.29 is 9.90 Å². The van der Waals surface area contributed by atoms with Crippen molar-refractivity contribution in [1.82, 2.24) is 4.90 Å². The Labute approximate surface area is 109 Å². The lowest BCUT2D eigenvalue weighted by Crippen LogP contribution is -2.55. The Kier molecular flexibility index (Phi) is 3.69. The molecule has 1 fully saturated rings. The Balaban J connectivity index is 2.30. The van der Waals surface area contributed by atoms with E-state index in [4.69, 9.17) is 0 Å². The highest BCUT2D eigenvalue weighted by molar-refractivity contribution is 9.10. The third-order valence-corrected chi connectivity index (χ3v) is 3.70. The molecule has 1 aliphatic rings. The summed E-state index contributed by atoms with van der Waals surface area (Å²) in [5.74, 6) is -0.771. The number of hydrogen-bond donors (Lipinski definition) is 1. The molecule has 2 rings (SSSR count). The summed E-state index contributed by atoms with van der Waals surface area (Å²) in [4.78, 5) is 15.3. The quantitative estimate of drug-likeness (QED) is 0.902. The summed E-state index contributed by atoms with van der Waals surface area (Å²) in [5.41, 5.74) is 0.952. The summed E-state index contributed by atoms with van der Waals surface area (Å²) in [7, 11) is 1.95. The van der Waals surface area contributed by atoms with E-state index in [1.807, 2.05) is 41.1 Å². The number of hydrogen-bond acceptors (Lipinski definition) is 3. The minimum Gasteiger partial charge on any atom is -0.480 e. The molecule has 1 N–H and O–H groups in total. The lowest BCUT2D eigenvalue weighted by atomic mass is 10.1. The molecule has 1 saturated heterocycles. The smallest absolute Gasteiger partial charge is 0.327 e. The van der Waals surface area contributed by atoms with Crippen LogP contribution in [0, 0.1) is 0 Å². The maximum Gasteiger partial charge on any atom is 0.327 e. The van der Waals surface area contributed by atoms with Crippen LogP contribution in [0.25, 0.3) is 0 Å². The first kappa shape index (κ1) is 12.4. The normalized spacial score (nSPS) is 21.5. The van der Waals surface area contributed by atoms with Gasteiger partial charge in [-0.3, -0.25) is 0 Å². The predicted molar refractivity (Wildman–Crippen MR) is 70.4 cm³/mol. The summed E-state index contributed by atoms with van der Waals surface area (Å²) < 4.78 is 0.941. The van der Waals surface area contributed by atoms with Gasteiger partial charge in [-0.05, 0) is 35.1 Å². The fraction of sp³-hybridized carbons (Fsp3) is 0.417. The maximum atomic E-state index is 11.3. The van der Waals surface area contributed by atoms with Crippen molar-refractivity contribution in [2.45, 2.75) is 6.04 Å². The average Bonchev–Trinajstić information content (AvgIpc) is 2.30. The van der Waals surface area contributed by atoms with Crippen LogP contribution < -0.4 is 4.90 Å². The largest absolute Gasteiger partial charge is 0.480 e. The van der Waals surface area contributed by atoms with Gasteiger partial charge in [-0.2, -0.15) is 0 Å². The molecule has 0 bridgehead atoms. The van der Waals surface area contributed by atoms with Gasteiger partial charge in [-0.25, -0.2) is 4.79 Å². The highest BCUT2D eigenvalue weighted by Crippen LogP contribution is 2.28. The number of carboxylic acid groups (broad SMARTS) is 1. The zero-order valence-electron chi connectivity index (χ0n) is 9.64. The lowest BCUT2D eigenvalue weighted by Gasteiger charge is -2.39. The number of likely N-dealkylation sites (N-methyl/N-ethyl adjacent to an activating group) is 1. The van der Waals surface area contributed by atoms with E-state index >= 15 is 0 Å². The Hall–Kier alpha value is -1.07. The number of anilines is 1. The van der Waals surface area contributed by atoms with Crippen molar-refractivity contribution in [2.75, 3.05) is 31.6 Å². The van der Waals surface area contributed by atoms with Crippen molar-refractivity contribution in [3.63, 3.8) is 0 Å². The Morgan fingerprint density at radius 2 is 2.12 bits per heavy atom. The number of rotatable bonds is 2. The topological polar surface area (TPSA) is 43.8 Å². The molecule has 92 valence electrons. The third-order valence-electron chi connectivity index (χ3n) is 3.03. The minimum absolute atomic E-state index is 0.479. The van der Waals surface area contributed by atoms with E-state index in [1.54, 1.807) is 0 Å². The van der Waals surface area contributed by atoms with Gasteiger partial charge in [0.2, 0.25) is 0 Å². The van der Waals surface area contributed by atoms with E-state index in [9.17, 15) is 9.90 Å². The summed E-state index contributed by atoms with van der Waals surface area (Å²) >= 11 is 3.48. The van der Waals surface area contributed by atoms with Gasteiger partial charge in [-0.15, -0.1) is 0 Å². The van der Waals surface area contributed by atoms with E-state index in [2.05, 4.69) is 15.9 Å². The molecule has 0 spiro atoms. The van der Waals surface area contributed by atoms with Crippen LogP contribution in [0.15, 0.2) is 28.7 Å². The van der Waals surface area contributed by atoms with Crippen LogP contribution in [-0.4, -0.2) is 48.7 Å². The SMILES string of the molecule is CN1CCN(c2ccccc2Br)C(C(=O)O)C1. The van der Waals surface area contributed by atoms with Crippen LogP contribution in [0.3, 0.4) is 0 Å². The molecule has 5 heteroatoms. The maximum absolute atomic E-state index is 11.3. The molecule has 17 heavy (non-hydrogen) atoms. The fourth-order valence-corrected chi connectivity index (χ4v) is 2.62. The lowest BCUT2D eigenvalue weighted by molar-refractivity contribution is -0.139. The zero-order chi connectivity index (χ0) is 12.4. The molecule has 4 nitrogen and oxygen atoms in total. The molecule has 1 aromatic rings. The Morgan fingerprint density at radius 1 is 1.41 bits per heavy atom. The first-order valence-electron chi connectivity index (χ1n) is 5.52. The second-order valence-corrected chi connectivity index (χ2v) is 5.12. The molecule has 0 aromatic heterocycles. The molecule has 1 aliphatic heterocycles. The monoisotopic (exact) mass is 298 g/mol. The molecule has 1 unspecified atom stereocenters. The second-order valence-electron chi connectivity index (χ2n) is 4.26. The van der Waals surface area contributed by atoms with Gasteiger partial charge in [0.25, 0.3) is 0 Å². The van der Waals surface area contributed by atoms with Crippen LogP contribution in [0.2, 0.25) is 0 Å². The summed E-state index contributed by atoms with van der Waals surface area (Å²) in [5, 5.41) is 9.30. The number of benzene rings is 1. The summed E-state index contributed by atoms with van der Waals surface area (Å²) in [6.07, 6.45) is 0. The van der Waals surface area contributed by atoms with E-state index in [-0.39, 0.29) is 0 Å². The average molecular weight is 299 g/mol. The standard InChI is InChI=1S/C12H15BrN2O2/c1-14-6-7-15(11(8-14)12(16)17)10-5-3-2-4-9(10)13/h2-5,11H,6-8H2,1H3,(H,16,17). The Bertz CT molecular complexity index is 425. The number of carboxylic acids is 1. The van der Waals surface area contributed by atoms with Gasteiger partial charge in [-0.1, -0.05) is 12.1 Å². The van der Waals surface area contributed by atoms with Gasteiger partial charge in [0.15, 0.2) is 0 Å². The summed E-state index contributed by atoms with van der Waals surface area (Å²) in [6, 6.07) is 7.27. The van der Waals surface area contributed by atoms with Crippen LogP contribution in [0.1, 0.15) is 0 Å². The van der Waals surface area contributed by atoms with Crippen molar-refractivity contribution in [1.29, 1.82) is 0 Å². The number of carbonyl (C=O) groups is 1. The molecule has 0 saturated carbocycles. The van der Waals surface area contributed by atoms with Crippen LogP contribution in [0.5, 0.6) is 0 Å². The van der Waals surface area contributed by atoms with Crippen LogP contribution >= 0.6 is 15.9 Å². The molecule has 1 atom stereocenters. The van der Waals surface area contributed by atoms with Gasteiger partial charge in [0.05, 0.1) is 5.69 Å². The van der Waals surface area contributed by atoms with Crippen molar-refractivity contribution >= 4 is 27.6 Å². The number of piperazine rings is 1. The van der Waals surface area contributed by atoms with Gasteiger partial charge >= 0.3 is 5.97 Å². The van der Waals surface area contributed by atoms with Crippen molar-refractivity contribution in [3.05, 3.63) is 28.7 Å². The highest BCUT2D eigenvalue weighted by atomic mass is 79.9. The fourth-order valence-electron chi connectivity index (χ4n) is 2.10. The molecule has 1 heterocycles. The molecule has 0 aliphatic carbocycles. The van der Waals surface area contributed by atoms with Crippen LogP contribution in [-0.2, 0) is 4.79 Å². The van der Waals surface area contributed by atoms with Crippen LogP contribution in [0.4, 0.5) is 5.69 Å². The van der Waals surface area contributed by atoms with Gasteiger partial charge < -0.3 is 14.9 Å². The number of aliphatic carboxylic acids is 1. The molecule has 0 radical (unpaired) electrons. The third kappa shape index (κ3) is 2.61. The zero-order valence-corrected chi connectivity index (χ0v) is 11.2. The van der Waals surface area contributed by atoms with E-state index in [0.29, 0.717) is 6.54 Å². The second kappa shape index (κ2) is 5.06. The minimum atomic E-state index is -0.771. The van der Waals surface area contributed by atoms with Crippen molar-refractivity contribution in [3.8, 4) is 0 Å². The molecule has 0 amide bonds. The number of halogens is 1. The molecule has 1 aromatic carbocycles. The highest BCUT2D eigenvalue weighted by Gasteiger charge is 2.31. The van der Waals surface area contributed by atoms with Gasteiger partial charge in [0, 0.05) is 24.1 Å². The molecular formula is C12H15BrN2O2. The number of nitrogens with zero attached hydrogens (tertiary/aromatic N) is 2.